The zero-order chi connectivity index (χ0) is 9.14. The Labute approximate surface area is 74.0 Å². The number of hydrogen-bond acceptors (Lipinski definition) is 2. The van der Waals surface area contributed by atoms with Crippen molar-refractivity contribution in [3.05, 3.63) is 24.3 Å². The lowest BCUT2D eigenvalue weighted by atomic mass is 10.2. The van der Waals surface area contributed by atoms with Crippen LogP contribution in [0.2, 0.25) is 0 Å². The van der Waals surface area contributed by atoms with Gasteiger partial charge in [-0.05, 0) is 38.1 Å². The van der Waals surface area contributed by atoms with Gasteiger partial charge in [0.15, 0.2) is 0 Å². The van der Waals surface area contributed by atoms with Gasteiger partial charge in [0, 0.05) is 24.5 Å². The summed E-state index contributed by atoms with van der Waals surface area (Å²) in [5.41, 5.74) is 7.61. The summed E-state index contributed by atoms with van der Waals surface area (Å²) in [6, 6.07) is 8.45. The van der Waals surface area contributed by atoms with Crippen LogP contribution in [0.5, 0.6) is 0 Å². The molecular weight excluding hydrogens is 148 g/mol. The molecule has 0 heterocycles. The normalized spacial score (nSPS) is 10.3. The molecule has 0 bridgehead atoms. The SMILES string of the molecule is CC(C)N(C)c1ccc(N)cc1. The molecule has 2 N–H and O–H groups in total. The number of rotatable bonds is 2. The van der Waals surface area contributed by atoms with Crippen molar-refractivity contribution in [3.63, 3.8) is 0 Å². The van der Waals surface area contributed by atoms with Crippen molar-refractivity contribution in [3.8, 4) is 0 Å². The van der Waals surface area contributed by atoms with Gasteiger partial charge in [0.1, 0.15) is 0 Å². The van der Waals surface area contributed by atoms with Crippen molar-refractivity contribution in [1.82, 2.24) is 0 Å². The summed E-state index contributed by atoms with van der Waals surface area (Å²) in [4.78, 5) is 2.21. The van der Waals surface area contributed by atoms with E-state index in [1.54, 1.807) is 0 Å². The smallest absolute Gasteiger partial charge is 0.0367 e. The van der Waals surface area contributed by atoms with Gasteiger partial charge in [0.05, 0.1) is 0 Å². The highest BCUT2D eigenvalue weighted by atomic mass is 15.1. The van der Waals surface area contributed by atoms with Gasteiger partial charge in [-0.2, -0.15) is 0 Å². The van der Waals surface area contributed by atoms with E-state index < -0.39 is 0 Å². The third-order valence-corrected chi connectivity index (χ3v) is 2.07. The van der Waals surface area contributed by atoms with Crippen LogP contribution in [0.3, 0.4) is 0 Å². The lowest BCUT2D eigenvalue weighted by Crippen LogP contribution is -2.25. The molecule has 0 spiro atoms. The molecule has 0 atom stereocenters. The molecule has 0 saturated carbocycles. The Hall–Kier alpha value is -1.18. The van der Waals surface area contributed by atoms with Crippen LogP contribution in [0.1, 0.15) is 13.8 Å². The summed E-state index contributed by atoms with van der Waals surface area (Å²) in [5, 5.41) is 0. The molecule has 0 aliphatic heterocycles. The van der Waals surface area contributed by atoms with E-state index in [4.69, 9.17) is 5.73 Å². The maximum absolute atomic E-state index is 5.58. The molecule has 0 aliphatic rings. The van der Waals surface area contributed by atoms with Gasteiger partial charge in [-0.25, -0.2) is 0 Å². The largest absolute Gasteiger partial charge is 0.399 e. The van der Waals surface area contributed by atoms with Crippen molar-refractivity contribution in [2.45, 2.75) is 19.9 Å². The van der Waals surface area contributed by atoms with E-state index in [1.807, 2.05) is 24.3 Å². The summed E-state index contributed by atoms with van der Waals surface area (Å²) in [6.45, 7) is 4.33. The first kappa shape index (κ1) is 8.91. The van der Waals surface area contributed by atoms with Crippen LogP contribution in [-0.4, -0.2) is 13.1 Å². The number of hydrogen-bond donors (Lipinski definition) is 1. The molecule has 0 aromatic heterocycles. The van der Waals surface area contributed by atoms with E-state index in [2.05, 4.69) is 25.8 Å². The first-order chi connectivity index (χ1) is 5.61. The highest BCUT2D eigenvalue weighted by molar-refractivity contribution is 5.52. The molecule has 1 rings (SSSR count). The average molecular weight is 164 g/mol. The average Bonchev–Trinajstić information content (AvgIpc) is 2.04. The number of benzene rings is 1. The van der Waals surface area contributed by atoms with Crippen LogP contribution >= 0.6 is 0 Å². The summed E-state index contributed by atoms with van der Waals surface area (Å²) >= 11 is 0. The standard InChI is InChI=1S/C10H16N2/c1-8(2)12(3)10-6-4-9(11)5-7-10/h4-8H,11H2,1-3H3. The van der Waals surface area contributed by atoms with Crippen molar-refractivity contribution in [2.75, 3.05) is 17.7 Å². The molecule has 0 saturated heterocycles. The van der Waals surface area contributed by atoms with Crippen LogP contribution in [0, 0.1) is 0 Å². The summed E-state index contributed by atoms with van der Waals surface area (Å²) in [7, 11) is 2.08. The second-order valence-corrected chi connectivity index (χ2v) is 3.30. The highest BCUT2D eigenvalue weighted by Crippen LogP contribution is 2.16. The first-order valence-electron chi connectivity index (χ1n) is 4.19. The second-order valence-electron chi connectivity index (χ2n) is 3.30. The van der Waals surface area contributed by atoms with E-state index in [1.165, 1.54) is 5.69 Å². The summed E-state index contributed by atoms with van der Waals surface area (Å²) < 4.78 is 0. The maximum atomic E-state index is 5.58. The van der Waals surface area contributed by atoms with Crippen molar-refractivity contribution < 1.29 is 0 Å². The molecule has 0 fully saturated rings. The van der Waals surface area contributed by atoms with Gasteiger partial charge in [0.2, 0.25) is 0 Å². The molecule has 0 aliphatic carbocycles. The van der Waals surface area contributed by atoms with Crippen LogP contribution in [0.25, 0.3) is 0 Å². The van der Waals surface area contributed by atoms with Crippen LogP contribution < -0.4 is 10.6 Å². The highest BCUT2D eigenvalue weighted by Gasteiger charge is 2.02. The molecule has 2 heteroatoms. The maximum Gasteiger partial charge on any atom is 0.0367 e. The lowest BCUT2D eigenvalue weighted by Gasteiger charge is -2.23. The molecular formula is C10H16N2. The Bertz CT molecular complexity index is 239. The monoisotopic (exact) mass is 164 g/mol. The van der Waals surface area contributed by atoms with E-state index in [-0.39, 0.29) is 0 Å². The van der Waals surface area contributed by atoms with Crippen molar-refractivity contribution >= 4 is 11.4 Å². The van der Waals surface area contributed by atoms with E-state index in [9.17, 15) is 0 Å². The molecule has 0 radical (unpaired) electrons. The minimum absolute atomic E-state index is 0.522. The van der Waals surface area contributed by atoms with Crippen LogP contribution in [-0.2, 0) is 0 Å². The van der Waals surface area contributed by atoms with Gasteiger partial charge in [-0.1, -0.05) is 0 Å². The Balaban J connectivity index is 2.82. The molecule has 12 heavy (non-hydrogen) atoms. The van der Waals surface area contributed by atoms with Crippen molar-refractivity contribution in [1.29, 1.82) is 0 Å². The third kappa shape index (κ3) is 1.91. The number of nitrogens with two attached hydrogens (primary N) is 1. The van der Waals surface area contributed by atoms with Gasteiger partial charge in [-0.15, -0.1) is 0 Å². The topological polar surface area (TPSA) is 29.3 Å². The summed E-state index contributed by atoms with van der Waals surface area (Å²) in [5.74, 6) is 0. The molecule has 0 amide bonds. The zero-order valence-corrected chi connectivity index (χ0v) is 7.91. The quantitative estimate of drug-likeness (QED) is 0.678. The first-order valence-corrected chi connectivity index (χ1v) is 4.19. The Morgan fingerprint density at radius 2 is 1.67 bits per heavy atom. The predicted octanol–water partition coefficient (Wildman–Crippen LogP) is 2.11. The molecule has 2 nitrogen and oxygen atoms in total. The minimum Gasteiger partial charge on any atom is -0.399 e. The van der Waals surface area contributed by atoms with Crippen LogP contribution in [0.15, 0.2) is 24.3 Å². The number of anilines is 2. The summed E-state index contributed by atoms with van der Waals surface area (Å²) in [6.07, 6.45) is 0. The fraction of sp³-hybridized carbons (Fsp3) is 0.400. The number of nitrogen functional groups attached to an aromatic ring is 1. The fourth-order valence-electron chi connectivity index (χ4n) is 1.01. The van der Waals surface area contributed by atoms with E-state index in [0.717, 1.165) is 5.69 Å². The van der Waals surface area contributed by atoms with Crippen LogP contribution in [0.4, 0.5) is 11.4 Å². The van der Waals surface area contributed by atoms with Crippen molar-refractivity contribution in [2.24, 2.45) is 0 Å². The molecule has 0 unspecified atom stereocenters. The van der Waals surface area contributed by atoms with Gasteiger partial charge in [0.25, 0.3) is 0 Å². The Morgan fingerprint density at radius 1 is 1.17 bits per heavy atom. The van der Waals surface area contributed by atoms with E-state index >= 15 is 0 Å². The molecule has 66 valence electrons. The van der Waals surface area contributed by atoms with Gasteiger partial charge in [-0.3, -0.25) is 0 Å². The fourth-order valence-corrected chi connectivity index (χ4v) is 1.01. The minimum atomic E-state index is 0.522. The lowest BCUT2D eigenvalue weighted by molar-refractivity contribution is 0.755. The van der Waals surface area contributed by atoms with Gasteiger partial charge < -0.3 is 10.6 Å². The number of nitrogens with zero attached hydrogens (tertiary/aromatic N) is 1. The second kappa shape index (κ2) is 3.48. The zero-order valence-electron chi connectivity index (χ0n) is 7.91. The van der Waals surface area contributed by atoms with E-state index in [0.29, 0.717) is 6.04 Å². The van der Waals surface area contributed by atoms with Gasteiger partial charge >= 0.3 is 0 Å². The Kier molecular flexibility index (Phi) is 2.58. The predicted molar refractivity (Wildman–Crippen MR) is 54.4 cm³/mol. The molecule has 1 aromatic rings. The third-order valence-electron chi connectivity index (χ3n) is 2.07. The molecule has 1 aromatic carbocycles. The Morgan fingerprint density at radius 3 is 2.08 bits per heavy atom.